The minimum atomic E-state index is 0.788. The van der Waals surface area contributed by atoms with E-state index in [0.29, 0.717) is 0 Å². The van der Waals surface area contributed by atoms with Gasteiger partial charge in [0, 0.05) is 18.6 Å². The molecule has 3 rings (SSSR count). The maximum atomic E-state index is 3.66. The van der Waals surface area contributed by atoms with Gasteiger partial charge in [0.2, 0.25) is 0 Å². The molecule has 3 fully saturated rings. The lowest BCUT2D eigenvalue weighted by molar-refractivity contribution is 0.0375. The molecule has 0 aromatic rings. The Morgan fingerprint density at radius 3 is 2.59 bits per heavy atom. The molecule has 0 spiro atoms. The Kier molecular flexibility index (Phi) is 3.45. The van der Waals surface area contributed by atoms with Crippen molar-refractivity contribution in [3.8, 4) is 0 Å². The minimum absolute atomic E-state index is 0.788. The summed E-state index contributed by atoms with van der Waals surface area (Å²) in [5.41, 5.74) is 0. The Bertz CT molecular complexity index is 264. The summed E-state index contributed by atoms with van der Waals surface area (Å²) in [5.74, 6) is 2.80. The van der Waals surface area contributed by atoms with Crippen LogP contribution in [0.25, 0.3) is 0 Å². The quantitative estimate of drug-likeness (QED) is 0.789. The molecule has 1 N–H and O–H groups in total. The van der Waals surface area contributed by atoms with Crippen LogP contribution in [-0.4, -0.2) is 36.6 Å². The summed E-state index contributed by atoms with van der Waals surface area (Å²) in [5, 5.41) is 3.66. The molecular formula is C15H28N2. The fourth-order valence-electron chi connectivity index (χ4n) is 4.15. The molecule has 4 atom stereocenters. The summed E-state index contributed by atoms with van der Waals surface area (Å²) in [4.78, 5) is 2.87. The molecule has 0 aromatic carbocycles. The number of nitrogens with one attached hydrogen (secondary N) is 1. The lowest BCUT2D eigenvalue weighted by atomic mass is 9.77. The zero-order valence-electron chi connectivity index (χ0n) is 11.5. The van der Waals surface area contributed by atoms with E-state index in [1.54, 1.807) is 0 Å². The van der Waals surface area contributed by atoms with Gasteiger partial charge in [0.25, 0.3) is 0 Å². The smallest absolute Gasteiger partial charge is 0.0139 e. The molecule has 98 valence electrons. The molecule has 1 heterocycles. The number of hydrogen-bond donors (Lipinski definition) is 1. The summed E-state index contributed by atoms with van der Waals surface area (Å²) in [6, 6.07) is 1.91. The molecule has 2 bridgehead atoms. The van der Waals surface area contributed by atoms with Crippen LogP contribution in [0.5, 0.6) is 0 Å². The van der Waals surface area contributed by atoms with Gasteiger partial charge in [-0.1, -0.05) is 13.8 Å². The van der Waals surface area contributed by atoms with E-state index in [9.17, 15) is 0 Å². The number of nitrogens with zero attached hydrogens (tertiary/aromatic N) is 1. The molecule has 0 amide bonds. The van der Waals surface area contributed by atoms with Crippen LogP contribution < -0.4 is 5.32 Å². The summed E-state index contributed by atoms with van der Waals surface area (Å²) >= 11 is 0. The molecule has 2 aliphatic carbocycles. The van der Waals surface area contributed by atoms with Crippen molar-refractivity contribution in [2.75, 3.05) is 19.6 Å². The number of hydrogen-bond acceptors (Lipinski definition) is 2. The monoisotopic (exact) mass is 236 g/mol. The summed E-state index contributed by atoms with van der Waals surface area (Å²) in [6.45, 7) is 8.47. The first-order chi connectivity index (χ1) is 8.24. The fourth-order valence-corrected chi connectivity index (χ4v) is 4.15. The Balaban J connectivity index is 1.45. The molecule has 2 saturated carbocycles. The Labute approximate surface area is 106 Å². The van der Waals surface area contributed by atoms with E-state index in [-0.39, 0.29) is 0 Å². The van der Waals surface area contributed by atoms with Gasteiger partial charge in [-0.25, -0.2) is 0 Å². The highest BCUT2D eigenvalue weighted by Gasteiger charge is 2.45. The second-order valence-corrected chi connectivity index (χ2v) is 6.99. The SMILES string of the molecule is CC(C)CNCC1CCC1N1CC2CCC1C2. The van der Waals surface area contributed by atoms with Crippen molar-refractivity contribution in [3.63, 3.8) is 0 Å². The van der Waals surface area contributed by atoms with Crippen LogP contribution in [0.2, 0.25) is 0 Å². The molecular weight excluding hydrogens is 208 g/mol. The highest BCUT2D eigenvalue weighted by atomic mass is 15.2. The lowest BCUT2D eigenvalue weighted by Gasteiger charge is -2.46. The average molecular weight is 236 g/mol. The standard InChI is InChI=1S/C15H28N2/c1-11(2)8-16-9-13-4-6-15(13)17-10-12-3-5-14(17)7-12/h11-16H,3-10H2,1-2H3. The van der Waals surface area contributed by atoms with Crippen molar-refractivity contribution in [1.29, 1.82) is 0 Å². The molecule has 0 radical (unpaired) electrons. The van der Waals surface area contributed by atoms with Gasteiger partial charge in [0.15, 0.2) is 0 Å². The highest BCUT2D eigenvalue weighted by molar-refractivity contribution is 5.00. The van der Waals surface area contributed by atoms with E-state index in [1.807, 2.05) is 0 Å². The average Bonchev–Trinajstić information content (AvgIpc) is 2.84. The van der Waals surface area contributed by atoms with Crippen molar-refractivity contribution in [3.05, 3.63) is 0 Å². The van der Waals surface area contributed by atoms with Crippen molar-refractivity contribution < 1.29 is 0 Å². The maximum Gasteiger partial charge on any atom is 0.0139 e. The highest BCUT2D eigenvalue weighted by Crippen LogP contribution is 2.44. The van der Waals surface area contributed by atoms with Crippen LogP contribution in [-0.2, 0) is 0 Å². The van der Waals surface area contributed by atoms with Gasteiger partial charge in [-0.2, -0.15) is 0 Å². The number of fused-ring (bicyclic) bond motifs is 2. The first kappa shape index (κ1) is 12.0. The van der Waals surface area contributed by atoms with Crippen LogP contribution in [0.15, 0.2) is 0 Å². The largest absolute Gasteiger partial charge is 0.316 e. The maximum absolute atomic E-state index is 3.66. The minimum Gasteiger partial charge on any atom is -0.316 e. The second-order valence-electron chi connectivity index (χ2n) is 6.99. The van der Waals surface area contributed by atoms with Gasteiger partial charge in [0.1, 0.15) is 0 Å². The van der Waals surface area contributed by atoms with Crippen LogP contribution in [0, 0.1) is 17.8 Å². The van der Waals surface area contributed by atoms with E-state index in [1.165, 1.54) is 51.7 Å². The van der Waals surface area contributed by atoms with Crippen LogP contribution in [0.4, 0.5) is 0 Å². The van der Waals surface area contributed by atoms with Gasteiger partial charge < -0.3 is 5.32 Å². The van der Waals surface area contributed by atoms with Crippen LogP contribution >= 0.6 is 0 Å². The zero-order valence-corrected chi connectivity index (χ0v) is 11.5. The van der Waals surface area contributed by atoms with Gasteiger partial charge in [-0.05, 0) is 62.9 Å². The molecule has 2 heteroatoms. The molecule has 1 saturated heterocycles. The zero-order chi connectivity index (χ0) is 11.8. The third-order valence-electron chi connectivity index (χ3n) is 5.21. The van der Waals surface area contributed by atoms with E-state index < -0.39 is 0 Å². The van der Waals surface area contributed by atoms with Crippen molar-refractivity contribution in [2.45, 2.75) is 58.0 Å². The topological polar surface area (TPSA) is 15.3 Å². The van der Waals surface area contributed by atoms with Gasteiger partial charge >= 0.3 is 0 Å². The van der Waals surface area contributed by atoms with E-state index in [0.717, 1.165) is 29.8 Å². The summed E-state index contributed by atoms with van der Waals surface area (Å²) in [7, 11) is 0. The number of rotatable bonds is 5. The second kappa shape index (κ2) is 4.89. The normalized spacial score (nSPS) is 41.1. The Morgan fingerprint density at radius 2 is 2.06 bits per heavy atom. The van der Waals surface area contributed by atoms with Crippen LogP contribution in [0.1, 0.15) is 46.0 Å². The van der Waals surface area contributed by atoms with Gasteiger partial charge in [0.05, 0.1) is 0 Å². The van der Waals surface area contributed by atoms with Gasteiger partial charge in [-0.15, -0.1) is 0 Å². The molecule has 2 nitrogen and oxygen atoms in total. The number of likely N-dealkylation sites (tertiary alicyclic amines) is 1. The van der Waals surface area contributed by atoms with Crippen molar-refractivity contribution >= 4 is 0 Å². The number of piperidine rings is 1. The molecule has 17 heavy (non-hydrogen) atoms. The molecule has 3 aliphatic rings. The fraction of sp³-hybridized carbons (Fsp3) is 1.00. The summed E-state index contributed by atoms with van der Waals surface area (Å²) in [6.07, 6.45) is 7.46. The molecule has 1 aliphatic heterocycles. The van der Waals surface area contributed by atoms with E-state index in [4.69, 9.17) is 0 Å². The third-order valence-corrected chi connectivity index (χ3v) is 5.21. The third kappa shape index (κ3) is 2.39. The van der Waals surface area contributed by atoms with E-state index in [2.05, 4.69) is 24.1 Å². The van der Waals surface area contributed by atoms with Crippen LogP contribution in [0.3, 0.4) is 0 Å². The Hall–Kier alpha value is -0.0800. The summed E-state index contributed by atoms with van der Waals surface area (Å²) < 4.78 is 0. The first-order valence-electron chi connectivity index (χ1n) is 7.70. The van der Waals surface area contributed by atoms with Gasteiger partial charge in [-0.3, -0.25) is 4.90 Å². The predicted molar refractivity (Wildman–Crippen MR) is 72.1 cm³/mol. The Morgan fingerprint density at radius 1 is 1.18 bits per heavy atom. The first-order valence-corrected chi connectivity index (χ1v) is 7.70. The molecule has 0 aromatic heterocycles. The lowest BCUT2D eigenvalue weighted by Crippen LogP contribution is -2.53. The van der Waals surface area contributed by atoms with E-state index >= 15 is 0 Å². The van der Waals surface area contributed by atoms with Crippen molar-refractivity contribution in [1.82, 2.24) is 10.2 Å². The van der Waals surface area contributed by atoms with Crippen molar-refractivity contribution in [2.24, 2.45) is 17.8 Å². The molecule has 4 unspecified atom stereocenters. The predicted octanol–water partition coefficient (Wildman–Crippen LogP) is 2.49.